The van der Waals surface area contributed by atoms with E-state index in [4.69, 9.17) is 4.74 Å². The van der Waals surface area contributed by atoms with E-state index < -0.39 is 5.97 Å². The molecule has 0 atom stereocenters. The number of rotatable bonds is 2. The van der Waals surface area contributed by atoms with Crippen LogP contribution in [0.3, 0.4) is 0 Å². The first-order valence-corrected chi connectivity index (χ1v) is 5.70. The quantitative estimate of drug-likeness (QED) is 0.799. The Kier molecular flexibility index (Phi) is 3.49. The van der Waals surface area contributed by atoms with Crippen LogP contribution < -0.4 is 4.74 Å². The van der Waals surface area contributed by atoms with E-state index in [9.17, 15) is 4.79 Å². The van der Waals surface area contributed by atoms with Gasteiger partial charge in [0.05, 0.1) is 11.8 Å². The van der Waals surface area contributed by atoms with Crippen molar-refractivity contribution in [3.63, 3.8) is 0 Å². The van der Waals surface area contributed by atoms with Crippen LogP contribution in [-0.2, 0) is 0 Å². The highest BCUT2D eigenvalue weighted by molar-refractivity contribution is 9.10. The van der Waals surface area contributed by atoms with Gasteiger partial charge < -0.3 is 4.74 Å². The van der Waals surface area contributed by atoms with Crippen LogP contribution in [0.25, 0.3) is 0 Å². The Balaban J connectivity index is 2.14. The summed E-state index contributed by atoms with van der Waals surface area (Å²) in [6.45, 7) is 1.86. The fourth-order valence-electron chi connectivity index (χ4n) is 1.20. The molecule has 86 valence electrons. The monoisotopic (exact) mass is 292 g/mol. The van der Waals surface area contributed by atoms with Crippen LogP contribution in [0.2, 0.25) is 0 Å². The van der Waals surface area contributed by atoms with Crippen molar-refractivity contribution in [2.45, 2.75) is 6.92 Å². The molecule has 0 unspecified atom stereocenters. The van der Waals surface area contributed by atoms with E-state index in [0.717, 1.165) is 10.2 Å². The summed E-state index contributed by atoms with van der Waals surface area (Å²) in [7, 11) is 0. The Morgan fingerprint density at radius 2 is 2.12 bits per heavy atom. The second-order valence-corrected chi connectivity index (χ2v) is 4.33. The maximum absolute atomic E-state index is 11.7. The number of aromatic nitrogens is 2. The minimum atomic E-state index is -0.454. The van der Waals surface area contributed by atoms with E-state index in [1.165, 1.54) is 12.4 Å². The molecule has 0 N–H and O–H groups in total. The highest BCUT2D eigenvalue weighted by Gasteiger charge is 2.09. The van der Waals surface area contributed by atoms with Gasteiger partial charge in [0.2, 0.25) is 0 Å². The third-order valence-electron chi connectivity index (χ3n) is 2.04. The van der Waals surface area contributed by atoms with E-state index in [-0.39, 0.29) is 0 Å². The molecule has 2 aromatic rings. The second kappa shape index (κ2) is 5.05. The number of hydrogen-bond acceptors (Lipinski definition) is 4. The van der Waals surface area contributed by atoms with Gasteiger partial charge in [-0.1, -0.05) is 0 Å². The summed E-state index contributed by atoms with van der Waals surface area (Å²) < 4.78 is 5.88. The number of halogens is 1. The summed E-state index contributed by atoms with van der Waals surface area (Å²) in [5, 5.41) is 0. The number of nitrogens with zero attached hydrogens (tertiary/aromatic N) is 2. The lowest BCUT2D eigenvalue weighted by atomic mass is 10.3. The van der Waals surface area contributed by atoms with Crippen LogP contribution in [0.1, 0.15) is 16.1 Å². The van der Waals surface area contributed by atoms with Gasteiger partial charge in [-0.2, -0.15) is 0 Å². The zero-order chi connectivity index (χ0) is 12.3. The Morgan fingerprint density at radius 1 is 1.29 bits per heavy atom. The topological polar surface area (TPSA) is 52.1 Å². The van der Waals surface area contributed by atoms with Gasteiger partial charge in [0, 0.05) is 22.6 Å². The van der Waals surface area contributed by atoms with Crippen molar-refractivity contribution >= 4 is 21.9 Å². The number of pyridine rings is 2. The van der Waals surface area contributed by atoms with Crippen LogP contribution in [0.4, 0.5) is 0 Å². The Morgan fingerprint density at radius 3 is 2.76 bits per heavy atom. The molecule has 0 spiro atoms. The molecule has 0 saturated heterocycles. The Hall–Kier alpha value is -1.75. The minimum Gasteiger partial charge on any atom is -0.421 e. The summed E-state index contributed by atoms with van der Waals surface area (Å²) >= 11 is 3.24. The van der Waals surface area contributed by atoms with Crippen molar-refractivity contribution < 1.29 is 9.53 Å². The normalized spacial score (nSPS) is 10.0. The third kappa shape index (κ3) is 3.10. The summed E-state index contributed by atoms with van der Waals surface area (Å²) in [6, 6.07) is 5.13. The third-order valence-corrected chi connectivity index (χ3v) is 2.47. The zero-order valence-electron chi connectivity index (χ0n) is 9.05. The molecule has 2 aromatic heterocycles. The SMILES string of the molecule is Cc1ccc(OC(=O)c2cncc(Br)c2)cn1. The van der Waals surface area contributed by atoms with Crippen LogP contribution in [0.5, 0.6) is 5.75 Å². The van der Waals surface area contributed by atoms with Gasteiger partial charge >= 0.3 is 5.97 Å². The molecular formula is C12H9BrN2O2. The van der Waals surface area contributed by atoms with Crippen molar-refractivity contribution in [2.24, 2.45) is 0 Å². The molecule has 0 aliphatic heterocycles. The molecule has 0 radical (unpaired) electrons. The highest BCUT2D eigenvalue weighted by Crippen LogP contribution is 2.14. The molecule has 5 heteroatoms. The maximum Gasteiger partial charge on any atom is 0.345 e. The standard InChI is InChI=1S/C12H9BrN2O2/c1-8-2-3-11(7-15-8)17-12(16)9-4-10(13)6-14-5-9/h2-7H,1H3. The average molecular weight is 293 g/mol. The van der Waals surface area contributed by atoms with E-state index in [0.29, 0.717) is 11.3 Å². The largest absolute Gasteiger partial charge is 0.421 e. The smallest absolute Gasteiger partial charge is 0.345 e. The fourth-order valence-corrected chi connectivity index (χ4v) is 1.57. The van der Waals surface area contributed by atoms with Crippen LogP contribution >= 0.6 is 15.9 Å². The number of aryl methyl sites for hydroxylation is 1. The molecule has 17 heavy (non-hydrogen) atoms. The molecule has 0 saturated carbocycles. The van der Waals surface area contributed by atoms with Gasteiger partial charge in [-0.05, 0) is 41.1 Å². The van der Waals surface area contributed by atoms with E-state index in [1.807, 2.05) is 6.92 Å². The minimum absolute atomic E-state index is 0.389. The lowest BCUT2D eigenvalue weighted by Crippen LogP contribution is -2.09. The van der Waals surface area contributed by atoms with Crippen LogP contribution in [0, 0.1) is 6.92 Å². The number of carbonyl (C=O) groups is 1. The molecule has 0 aliphatic rings. The second-order valence-electron chi connectivity index (χ2n) is 3.42. The average Bonchev–Trinajstić information content (AvgIpc) is 2.32. The predicted octanol–water partition coefficient (Wildman–Crippen LogP) is 2.77. The number of ether oxygens (including phenoxy) is 1. The van der Waals surface area contributed by atoms with Gasteiger partial charge in [-0.15, -0.1) is 0 Å². The van der Waals surface area contributed by atoms with E-state index in [1.54, 1.807) is 24.4 Å². The molecule has 0 amide bonds. The van der Waals surface area contributed by atoms with Gasteiger partial charge in [0.15, 0.2) is 0 Å². The van der Waals surface area contributed by atoms with Gasteiger partial charge in [-0.3, -0.25) is 9.97 Å². The van der Waals surface area contributed by atoms with Gasteiger partial charge in [0.25, 0.3) is 0 Å². The van der Waals surface area contributed by atoms with Crippen molar-refractivity contribution in [3.05, 3.63) is 52.5 Å². The Bertz CT molecular complexity index is 540. The highest BCUT2D eigenvalue weighted by atomic mass is 79.9. The maximum atomic E-state index is 11.7. The zero-order valence-corrected chi connectivity index (χ0v) is 10.6. The summed E-state index contributed by atoms with van der Waals surface area (Å²) in [5.74, 6) is -0.0370. The summed E-state index contributed by atoms with van der Waals surface area (Å²) in [5.41, 5.74) is 1.26. The first-order valence-electron chi connectivity index (χ1n) is 4.90. The lowest BCUT2D eigenvalue weighted by molar-refractivity contribution is 0.0733. The molecule has 2 heterocycles. The first-order chi connectivity index (χ1) is 8.15. The van der Waals surface area contributed by atoms with E-state index >= 15 is 0 Å². The summed E-state index contributed by atoms with van der Waals surface area (Å²) in [4.78, 5) is 19.7. The lowest BCUT2D eigenvalue weighted by Gasteiger charge is -2.03. The fraction of sp³-hybridized carbons (Fsp3) is 0.0833. The van der Waals surface area contributed by atoms with Crippen LogP contribution in [-0.4, -0.2) is 15.9 Å². The number of hydrogen-bond donors (Lipinski definition) is 0. The molecule has 0 aromatic carbocycles. The van der Waals surface area contributed by atoms with Crippen molar-refractivity contribution in [2.75, 3.05) is 0 Å². The first kappa shape index (κ1) is 11.7. The summed E-state index contributed by atoms with van der Waals surface area (Å²) in [6.07, 6.45) is 4.57. The van der Waals surface area contributed by atoms with Crippen molar-refractivity contribution in [1.29, 1.82) is 0 Å². The molecular weight excluding hydrogens is 284 g/mol. The van der Waals surface area contributed by atoms with Crippen molar-refractivity contribution in [1.82, 2.24) is 9.97 Å². The molecule has 0 fully saturated rings. The molecule has 0 bridgehead atoms. The molecule has 0 aliphatic carbocycles. The van der Waals surface area contributed by atoms with Crippen molar-refractivity contribution in [3.8, 4) is 5.75 Å². The molecule has 2 rings (SSSR count). The van der Waals surface area contributed by atoms with E-state index in [2.05, 4.69) is 25.9 Å². The number of carbonyl (C=O) groups excluding carboxylic acids is 1. The number of esters is 1. The van der Waals surface area contributed by atoms with Crippen LogP contribution in [0.15, 0.2) is 41.3 Å². The van der Waals surface area contributed by atoms with Gasteiger partial charge in [-0.25, -0.2) is 4.79 Å². The van der Waals surface area contributed by atoms with Gasteiger partial charge in [0.1, 0.15) is 5.75 Å². The predicted molar refractivity (Wildman–Crippen MR) is 65.9 cm³/mol. The Labute approximate surface area is 107 Å². The molecule has 4 nitrogen and oxygen atoms in total.